The van der Waals surface area contributed by atoms with Gasteiger partial charge in [-0.1, -0.05) is 23.7 Å². The normalized spacial score (nSPS) is 17.8. The second-order valence-electron chi connectivity index (χ2n) is 5.11. The number of piperazine rings is 1. The first kappa shape index (κ1) is 16.6. The highest BCUT2D eigenvalue weighted by atomic mass is 35.5. The molecule has 2 rings (SSSR count). The number of carbonyl (C=O) groups excluding carboxylic acids is 1. The minimum atomic E-state index is -1.10. The van der Waals surface area contributed by atoms with Crippen LogP contribution in [0.25, 0.3) is 0 Å². The van der Waals surface area contributed by atoms with Crippen molar-refractivity contribution in [1.29, 1.82) is 0 Å². The summed E-state index contributed by atoms with van der Waals surface area (Å²) in [5.41, 5.74) is 0.592. The molecule has 6 heteroatoms. The van der Waals surface area contributed by atoms with E-state index in [2.05, 4.69) is 11.2 Å². The summed E-state index contributed by atoms with van der Waals surface area (Å²) in [6, 6.07) is 6.76. The molecule has 1 aromatic carbocycles. The third-order valence-corrected chi connectivity index (χ3v) is 4.56. The molecule has 1 aliphatic rings. The van der Waals surface area contributed by atoms with Gasteiger partial charge in [0.15, 0.2) is 6.10 Å². The van der Waals surface area contributed by atoms with E-state index >= 15 is 0 Å². The lowest BCUT2D eigenvalue weighted by Crippen LogP contribution is -2.50. The Kier molecular flexibility index (Phi) is 6.36. The highest BCUT2D eigenvalue weighted by Gasteiger charge is 2.26. The van der Waals surface area contributed by atoms with Crippen molar-refractivity contribution in [2.24, 2.45) is 0 Å². The predicted octanol–water partition coefficient (Wildman–Crippen LogP) is 1.88. The zero-order chi connectivity index (χ0) is 15.2. The lowest BCUT2D eigenvalue weighted by Gasteiger charge is -2.35. The van der Waals surface area contributed by atoms with Crippen LogP contribution < -0.4 is 0 Å². The molecule has 0 aliphatic carbocycles. The molecule has 0 spiro atoms. The van der Waals surface area contributed by atoms with Gasteiger partial charge in [-0.25, -0.2) is 0 Å². The number of rotatable bonds is 5. The molecule has 116 valence electrons. The lowest BCUT2D eigenvalue weighted by molar-refractivity contribution is -0.142. The number of nitrogens with zero attached hydrogens (tertiary/aromatic N) is 2. The molecule has 1 aliphatic heterocycles. The highest BCUT2D eigenvalue weighted by Crippen LogP contribution is 2.19. The van der Waals surface area contributed by atoms with Crippen LogP contribution in [0.5, 0.6) is 0 Å². The molecule has 0 aromatic heterocycles. The van der Waals surface area contributed by atoms with Gasteiger partial charge in [-0.05, 0) is 24.0 Å². The van der Waals surface area contributed by atoms with Crippen LogP contribution >= 0.6 is 23.4 Å². The van der Waals surface area contributed by atoms with Crippen LogP contribution in [-0.2, 0) is 4.79 Å². The van der Waals surface area contributed by atoms with E-state index in [1.807, 2.05) is 11.8 Å². The summed E-state index contributed by atoms with van der Waals surface area (Å²) in [7, 11) is 0. The average Bonchev–Trinajstić information content (AvgIpc) is 2.53. The van der Waals surface area contributed by atoms with Gasteiger partial charge in [0.1, 0.15) is 0 Å². The first-order chi connectivity index (χ1) is 10.1. The number of amides is 1. The van der Waals surface area contributed by atoms with Crippen LogP contribution in [0.3, 0.4) is 0 Å². The smallest absolute Gasteiger partial charge is 0.256 e. The molecule has 0 bridgehead atoms. The molecular formula is C15H21ClN2O2S. The van der Waals surface area contributed by atoms with Gasteiger partial charge in [0.2, 0.25) is 0 Å². The van der Waals surface area contributed by atoms with Crippen molar-refractivity contribution in [3.63, 3.8) is 0 Å². The molecule has 1 fully saturated rings. The maximum atomic E-state index is 12.3. The largest absolute Gasteiger partial charge is 0.378 e. The average molecular weight is 329 g/mol. The van der Waals surface area contributed by atoms with Crippen molar-refractivity contribution in [2.45, 2.75) is 6.10 Å². The van der Waals surface area contributed by atoms with Crippen molar-refractivity contribution in [1.82, 2.24) is 9.80 Å². The number of halogens is 1. The lowest BCUT2D eigenvalue weighted by atomic mass is 10.1. The second-order valence-corrected chi connectivity index (χ2v) is 6.54. The Hall–Kier alpha value is -0.750. The fraction of sp³-hybridized carbons (Fsp3) is 0.533. The van der Waals surface area contributed by atoms with Crippen LogP contribution in [-0.4, -0.2) is 65.5 Å². The van der Waals surface area contributed by atoms with Gasteiger partial charge < -0.3 is 10.0 Å². The Morgan fingerprint density at radius 3 is 2.48 bits per heavy atom. The van der Waals surface area contributed by atoms with Crippen molar-refractivity contribution < 1.29 is 9.90 Å². The fourth-order valence-corrected chi connectivity index (χ4v) is 2.94. The van der Waals surface area contributed by atoms with E-state index in [-0.39, 0.29) is 5.91 Å². The predicted molar refractivity (Wildman–Crippen MR) is 87.8 cm³/mol. The van der Waals surface area contributed by atoms with Gasteiger partial charge in [0.25, 0.3) is 5.91 Å². The maximum absolute atomic E-state index is 12.3. The monoisotopic (exact) mass is 328 g/mol. The molecule has 21 heavy (non-hydrogen) atoms. The molecule has 1 saturated heterocycles. The summed E-state index contributed by atoms with van der Waals surface area (Å²) in [5, 5.41) is 10.8. The Balaban J connectivity index is 1.88. The quantitative estimate of drug-likeness (QED) is 0.896. The molecule has 1 aromatic rings. The SMILES string of the molecule is CSCCN1CCN(C(=O)[C@@H](O)c2ccc(Cl)cc2)CC1. The van der Waals surface area contributed by atoms with E-state index in [1.165, 1.54) is 0 Å². The topological polar surface area (TPSA) is 43.8 Å². The Morgan fingerprint density at radius 2 is 1.90 bits per heavy atom. The van der Waals surface area contributed by atoms with Crippen LogP contribution in [0.4, 0.5) is 0 Å². The summed E-state index contributed by atoms with van der Waals surface area (Å²) in [4.78, 5) is 16.4. The van der Waals surface area contributed by atoms with Crippen molar-refractivity contribution >= 4 is 29.3 Å². The van der Waals surface area contributed by atoms with Gasteiger partial charge in [-0.15, -0.1) is 0 Å². The van der Waals surface area contributed by atoms with Crippen LogP contribution in [0.2, 0.25) is 5.02 Å². The molecule has 1 heterocycles. The molecule has 0 radical (unpaired) electrons. The third kappa shape index (κ3) is 4.61. The zero-order valence-electron chi connectivity index (χ0n) is 12.2. The highest BCUT2D eigenvalue weighted by molar-refractivity contribution is 7.98. The van der Waals surface area contributed by atoms with Crippen LogP contribution in [0, 0.1) is 0 Å². The third-order valence-electron chi connectivity index (χ3n) is 3.72. The summed E-state index contributed by atoms with van der Waals surface area (Å²) >= 11 is 7.65. The number of aliphatic hydroxyl groups excluding tert-OH is 1. The minimum Gasteiger partial charge on any atom is -0.378 e. The van der Waals surface area contributed by atoms with Gasteiger partial charge in [-0.3, -0.25) is 9.69 Å². The van der Waals surface area contributed by atoms with Crippen molar-refractivity contribution in [3.8, 4) is 0 Å². The Bertz CT molecular complexity index is 461. The molecule has 0 saturated carbocycles. The first-order valence-electron chi connectivity index (χ1n) is 7.05. The standard InChI is InChI=1S/C15H21ClN2O2S/c1-21-11-10-17-6-8-18(9-7-17)15(20)14(19)12-2-4-13(16)5-3-12/h2-5,14,19H,6-11H2,1H3/t14-/m0/s1. The molecule has 0 unspecified atom stereocenters. The van der Waals surface area contributed by atoms with E-state index in [0.717, 1.165) is 25.4 Å². The van der Waals surface area contributed by atoms with Crippen LogP contribution in [0.15, 0.2) is 24.3 Å². The van der Waals surface area contributed by atoms with E-state index in [9.17, 15) is 9.90 Å². The number of hydrogen-bond donors (Lipinski definition) is 1. The summed E-state index contributed by atoms with van der Waals surface area (Å²) in [6.45, 7) is 4.16. The van der Waals surface area contributed by atoms with E-state index < -0.39 is 6.10 Å². The number of thioether (sulfide) groups is 1. The number of benzene rings is 1. The van der Waals surface area contributed by atoms with Gasteiger partial charge in [0.05, 0.1) is 0 Å². The van der Waals surface area contributed by atoms with E-state index in [4.69, 9.17) is 11.6 Å². The van der Waals surface area contributed by atoms with Gasteiger partial charge in [0, 0.05) is 43.5 Å². The van der Waals surface area contributed by atoms with E-state index in [0.29, 0.717) is 23.7 Å². The molecule has 1 amide bonds. The minimum absolute atomic E-state index is 0.221. The number of hydrogen-bond acceptors (Lipinski definition) is 4. The summed E-state index contributed by atoms with van der Waals surface area (Å²) in [5.74, 6) is 0.892. The van der Waals surface area contributed by atoms with Crippen LogP contribution in [0.1, 0.15) is 11.7 Å². The number of aliphatic hydroxyl groups is 1. The fourth-order valence-electron chi connectivity index (χ4n) is 2.37. The molecule has 1 atom stereocenters. The first-order valence-corrected chi connectivity index (χ1v) is 8.82. The zero-order valence-corrected chi connectivity index (χ0v) is 13.7. The molecule has 4 nitrogen and oxygen atoms in total. The van der Waals surface area contributed by atoms with E-state index in [1.54, 1.807) is 29.2 Å². The summed E-state index contributed by atoms with van der Waals surface area (Å²) in [6.07, 6.45) is 1.00. The van der Waals surface area contributed by atoms with Crippen molar-refractivity contribution in [2.75, 3.05) is 44.7 Å². The molecule has 1 N–H and O–H groups in total. The molecular weight excluding hydrogens is 308 g/mol. The Labute approximate surface area is 135 Å². The summed E-state index contributed by atoms with van der Waals surface area (Å²) < 4.78 is 0. The van der Waals surface area contributed by atoms with Gasteiger partial charge in [-0.2, -0.15) is 11.8 Å². The maximum Gasteiger partial charge on any atom is 0.256 e. The van der Waals surface area contributed by atoms with Gasteiger partial charge >= 0.3 is 0 Å². The van der Waals surface area contributed by atoms with Crippen molar-refractivity contribution in [3.05, 3.63) is 34.9 Å². The number of carbonyl (C=O) groups is 1. The Morgan fingerprint density at radius 1 is 1.29 bits per heavy atom. The second kappa shape index (κ2) is 8.03.